The summed E-state index contributed by atoms with van der Waals surface area (Å²) in [5, 5.41) is 2.23. The molecule has 0 fully saturated rings. The summed E-state index contributed by atoms with van der Waals surface area (Å²) in [6, 6.07) is 45.3. The Morgan fingerprint density at radius 3 is 1.67 bits per heavy atom. The number of fused-ring (bicyclic) bond motifs is 7. The minimum atomic E-state index is -0.250. The average molecular weight is 593 g/mol. The van der Waals surface area contributed by atoms with E-state index in [1.807, 2.05) is 72.8 Å². The van der Waals surface area contributed by atoms with Gasteiger partial charge < -0.3 is 4.42 Å². The number of aromatic nitrogens is 4. The summed E-state index contributed by atoms with van der Waals surface area (Å²) in [5.41, 5.74) is 10.8. The first kappa shape index (κ1) is 26.5. The Kier molecular flexibility index (Phi) is 5.78. The summed E-state index contributed by atoms with van der Waals surface area (Å²) in [4.78, 5) is 20.1. The maximum absolute atomic E-state index is 6.60. The van der Waals surface area contributed by atoms with Gasteiger partial charge in [-0.3, -0.25) is 0 Å². The maximum atomic E-state index is 6.60. The van der Waals surface area contributed by atoms with E-state index in [4.69, 9.17) is 24.4 Å². The molecule has 0 spiro atoms. The predicted molar refractivity (Wildman–Crippen MR) is 184 cm³/mol. The van der Waals surface area contributed by atoms with E-state index in [2.05, 4.69) is 74.5 Å². The van der Waals surface area contributed by atoms with Crippen molar-refractivity contribution in [1.82, 2.24) is 19.9 Å². The molecular formula is C41H28N4O. The molecule has 0 saturated heterocycles. The van der Waals surface area contributed by atoms with Gasteiger partial charge in [-0.25, -0.2) is 19.9 Å². The summed E-state index contributed by atoms with van der Waals surface area (Å²) in [6.07, 6.45) is 0. The second-order valence-corrected chi connectivity index (χ2v) is 12.3. The van der Waals surface area contributed by atoms with Crippen molar-refractivity contribution >= 4 is 21.9 Å². The van der Waals surface area contributed by atoms with Crippen molar-refractivity contribution in [2.75, 3.05) is 0 Å². The van der Waals surface area contributed by atoms with Crippen LogP contribution in [-0.2, 0) is 5.41 Å². The van der Waals surface area contributed by atoms with Crippen LogP contribution in [-0.4, -0.2) is 19.9 Å². The van der Waals surface area contributed by atoms with Gasteiger partial charge in [-0.05, 0) is 17.2 Å². The zero-order chi connectivity index (χ0) is 30.8. The van der Waals surface area contributed by atoms with Gasteiger partial charge in [0.1, 0.15) is 11.3 Å². The zero-order valence-corrected chi connectivity index (χ0v) is 25.4. The van der Waals surface area contributed by atoms with Crippen molar-refractivity contribution in [3.63, 3.8) is 0 Å². The van der Waals surface area contributed by atoms with Crippen LogP contribution in [0, 0.1) is 0 Å². The molecule has 5 nitrogen and oxygen atoms in total. The smallest absolute Gasteiger partial charge is 0.164 e. The topological polar surface area (TPSA) is 64.7 Å². The summed E-state index contributed by atoms with van der Waals surface area (Å²) in [7, 11) is 0. The van der Waals surface area contributed by atoms with Crippen molar-refractivity contribution in [1.29, 1.82) is 0 Å². The van der Waals surface area contributed by atoms with E-state index in [-0.39, 0.29) is 5.41 Å². The number of para-hydroxylation sites is 1. The standard InChI is InChI=1S/C41H28N4O/c1-41(2)31-19-11-9-17-29(31)34-33-30-18-10-12-20-32(30)46-36(33)35(42-37(34)41)25-21-23-28(24-22-25)40-44-38(26-13-5-3-6-14-26)43-39(45-40)27-15-7-4-8-16-27/h3-24H,1-2H3. The molecule has 0 atom stereocenters. The molecule has 0 unspecified atom stereocenters. The van der Waals surface area contributed by atoms with Crippen molar-refractivity contribution in [2.45, 2.75) is 19.3 Å². The molecule has 0 aliphatic heterocycles. The minimum absolute atomic E-state index is 0.250. The lowest BCUT2D eigenvalue weighted by atomic mass is 9.85. The fraction of sp³-hybridized carbons (Fsp3) is 0.0732. The third kappa shape index (κ3) is 4.02. The lowest BCUT2D eigenvalue weighted by Gasteiger charge is -2.21. The van der Waals surface area contributed by atoms with Crippen LogP contribution in [0.5, 0.6) is 0 Å². The Morgan fingerprint density at radius 1 is 0.500 bits per heavy atom. The van der Waals surface area contributed by atoms with E-state index < -0.39 is 0 Å². The molecular weight excluding hydrogens is 564 g/mol. The van der Waals surface area contributed by atoms with Gasteiger partial charge in [0.15, 0.2) is 23.1 Å². The van der Waals surface area contributed by atoms with Crippen molar-refractivity contribution in [3.05, 3.63) is 145 Å². The van der Waals surface area contributed by atoms with Crippen LogP contribution in [0.3, 0.4) is 0 Å². The quantitative estimate of drug-likeness (QED) is 0.203. The first-order chi connectivity index (χ1) is 22.6. The molecule has 0 saturated carbocycles. The van der Waals surface area contributed by atoms with E-state index in [1.165, 1.54) is 16.7 Å². The maximum Gasteiger partial charge on any atom is 0.164 e. The van der Waals surface area contributed by atoms with E-state index >= 15 is 0 Å². The minimum Gasteiger partial charge on any atom is -0.454 e. The number of hydrogen-bond donors (Lipinski definition) is 0. The zero-order valence-electron chi connectivity index (χ0n) is 25.4. The largest absolute Gasteiger partial charge is 0.454 e. The van der Waals surface area contributed by atoms with Crippen LogP contribution < -0.4 is 0 Å². The predicted octanol–water partition coefficient (Wildman–Crippen LogP) is 10.1. The van der Waals surface area contributed by atoms with Crippen molar-refractivity contribution < 1.29 is 4.42 Å². The molecule has 8 aromatic rings. The average Bonchev–Trinajstić information content (AvgIpc) is 3.61. The second kappa shape index (κ2) is 10.0. The third-order valence-electron chi connectivity index (χ3n) is 9.10. The molecule has 5 aromatic carbocycles. The molecule has 9 rings (SSSR count). The molecule has 5 heteroatoms. The molecule has 0 amide bonds. The monoisotopic (exact) mass is 592 g/mol. The summed E-state index contributed by atoms with van der Waals surface area (Å²) < 4.78 is 6.60. The Hall–Kier alpha value is -5.94. The van der Waals surface area contributed by atoms with E-state index in [0.29, 0.717) is 17.5 Å². The van der Waals surface area contributed by atoms with Gasteiger partial charge in [0, 0.05) is 44.0 Å². The van der Waals surface area contributed by atoms with Crippen LogP contribution >= 0.6 is 0 Å². The van der Waals surface area contributed by atoms with Crippen LogP contribution in [0.1, 0.15) is 25.1 Å². The van der Waals surface area contributed by atoms with Gasteiger partial charge in [0.2, 0.25) is 0 Å². The normalized spacial score (nSPS) is 13.2. The van der Waals surface area contributed by atoms with Gasteiger partial charge in [0.05, 0.1) is 5.69 Å². The highest BCUT2D eigenvalue weighted by molar-refractivity contribution is 6.17. The summed E-state index contributed by atoms with van der Waals surface area (Å²) in [6.45, 7) is 4.53. The molecule has 1 aliphatic carbocycles. The molecule has 0 N–H and O–H groups in total. The highest BCUT2D eigenvalue weighted by atomic mass is 16.3. The van der Waals surface area contributed by atoms with E-state index in [9.17, 15) is 0 Å². The second-order valence-electron chi connectivity index (χ2n) is 12.3. The fourth-order valence-corrected chi connectivity index (χ4v) is 6.80. The molecule has 1 aliphatic rings. The number of rotatable bonds is 4. The number of furan rings is 1. The Labute approximate surface area is 266 Å². The third-order valence-corrected chi connectivity index (χ3v) is 9.10. The van der Waals surface area contributed by atoms with Gasteiger partial charge in [0.25, 0.3) is 0 Å². The van der Waals surface area contributed by atoms with E-state index in [1.54, 1.807) is 0 Å². The Bertz CT molecular complexity index is 2370. The molecule has 0 bridgehead atoms. The lowest BCUT2D eigenvalue weighted by molar-refractivity contribution is 0.634. The fourth-order valence-electron chi connectivity index (χ4n) is 6.80. The lowest BCUT2D eigenvalue weighted by Crippen LogP contribution is -2.17. The first-order valence-corrected chi connectivity index (χ1v) is 15.5. The Balaban J connectivity index is 1.22. The molecule has 46 heavy (non-hydrogen) atoms. The first-order valence-electron chi connectivity index (χ1n) is 15.5. The van der Waals surface area contributed by atoms with Crippen LogP contribution in [0.15, 0.2) is 138 Å². The van der Waals surface area contributed by atoms with E-state index in [0.717, 1.165) is 55.6 Å². The van der Waals surface area contributed by atoms with Gasteiger partial charge in [-0.15, -0.1) is 0 Å². The number of hydrogen-bond acceptors (Lipinski definition) is 5. The molecule has 218 valence electrons. The van der Waals surface area contributed by atoms with Crippen LogP contribution in [0.4, 0.5) is 0 Å². The summed E-state index contributed by atoms with van der Waals surface area (Å²) >= 11 is 0. The van der Waals surface area contributed by atoms with Crippen molar-refractivity contribution in [2.24, 2.45) is 0 Å². The molecule has 3 heterocycles. The highest BCUT2D eigenvalue weighted by Crippen LogP contribution is 2.53. The SMILES string of the molecule is CC1(C)c2ccccc2-c2c1nc(-c1ccc(-c3nc(-c4ccccc4)nc(-c4ccccc4)n3)cc1)c1oc3ccccc3c21. The van der Waals surface area contributed by atoms with Crippen molar-refractivity contribution in [3.8, 4) is 56.5 Å². The van der Waals surface area contributed by atoms with Gasteiger partial charge >= 0.3 is 0 Å². The number of pyridine rings is 1. The number of nitrogens with zero attached hydrogens (tertiary/aromatic N) is 4. The number of benzene rings is 5. The molecule has 3 aromatic heterocycles. The van der Waals surface area contributed by atoms with Crippen LogP contribution in [0.25, 0.3) is 78.5 Å². The van der Waals surface area contributed by atoms with Gasteiger partial charge in [-0.2, -0.15) is 0 Å². The van der Waals surface area contributed by atoms with Crippen LogP contribution in [0.2, 0.25) is 0 Å². The molecule has 0 radical (unpaired) electrons. The van der Waals surface area contributed by atoms with Gasteiger partial charge in [-0.1, -0.05) is 141 Å². The highest BCUT2D eigenvalue weighted by Gasteiger charge is 2.39. The Morgan fingerprint density at radius 2 is 1.02 bits per heavy atom. The summed E-state index contributed by atoms with van der Waals surface area (Å²) in [5.74, 6) is 1.89.